The Morgan fingerprint density at radius 1 is 1.17 bits per heavy atom. The summed E-state index contributed by atoms with van der Waals surface area (Å²) in [7, 11) is 1.58. The molecule has 2 rings (SSSR count). The molecule has 0 saturated carbocycles. The van der Waals surface area contributed by atoms with Crippen molar-refractivity contribution in [3.8, 4) is 11.5 Å². The van der Waals surface area contributed by atoms with E-state index in [-0.39, 0.29) is 18.4 Å². The molecular weight excluding hydrogens is 292 g/mol. The molecule has 0 aliphatic heterocycles. The van der Waals surface area contributed by atoms with Crippen LogP contribution in [0.15, 0.2) is 42.5 Å². The van der Waals surface area contributed by atoms with Gasteiger partial charge < -0.3 is 20.5 Å². The van der Waals surface area contributed by atoms with Crippen LogP contribution in [-0.4, -0.2) is 19.1 Å². The van der Waals surface area contributed by atoms with E-state index in [1.54, 1.807) is 37.4 Å². The molecule has 0 spiro atoms. The van der Waals surface area contributed by atoms with Crippen LogP contribution in [0.2, 0.25) is 0 Å². The molecule has 0 radical (unpaired) electrons. The second-order valence-electron chi connectivity index (χ2n) is 5.50. The topological polar surface area (TPSA) is 73.6 Å². The fourth-order valence-electron chi connectivity index (χ4n) is 2.11. The van der Waals surface area contributed by atoms with E-state index in [9.17, 15) is 4.79 Å². The Morgan fingerprint density at radius 3 is 2.48 bits per heavy atom. The van der Waals surface area contributed by atoms with E-state index in [2.05, 4.69) is 5.32 Å². The molecule has 0 fully saturated rings. The van der Waals surface area contributed by atoms with Gasteiger partial charge in [0.15, 0.2) is 0 Å². The monoisotopic (exact) mass is 314 g/mol. The van der Waals surface area contributed by atoms with Gasteiger partial charge in [0.25, 0.3) is 0 Å². The molecule has 0 aliphatic rings. The van der Waals surface area contributed by atoms with E-state index in [4.69, 9.17) is 15.2 Å². The van der Waals surface area contributed by atoms with Gasteiger partial charge in [-0.2, -0.15) is 0 Å². The van der Waals surface area contributed by atoms with Gasteiger partial charge in [0.2, 0.25) is 5.91 Å². The number of amides is 1. The van der Waals surface area contributed by atoms with Crippen molar-refractivity contribution < 1.29 is 14.3 Å². The number of carbonyl (C=O) groups excluding carboxylic acids is 1. The Morgan fingerprint density at radius 2 is 1.87 bits per heavy atom. The zero-order chi connectivity index (χ0) is 16.8. The van der Waals surface area contributed by atoms with Crippen LogP contribution < -0.4 is 20.5 Å². The molecule has 2 aromatic carbocycles. The maximum Gasteiger partial charge on any atom is 0.228 e. The van der Waals surface area contributed by atoms with Gasteiger partial charge in [-0.1, -0.05) is 12.1 Å². The highest BCUT2D eigenvalue weighted by atomic mass is 16.5. The molecule has 2 aromatic rings. The molecule has 23 heavy (non-hydrogen) atoms. The van der Waals surface area contributed by atoms with E-state index in [0.717, 1.165) is 5.56 Å². The van der Waals surface area contributed by atoms with Gasteiger partial charge in [0, 0.05) is 11.8 Å². The third kappa shape index (κ3) is 4.92. The summed E-state index contributed by atoms with van der Waals surface area (Å²) < 4.78 is 10.9. The van der Waals surface area contributed by atoms with E-state index in [0.29, 0.717) is 22.9 Å². The highest BCUT2D eigenvalue weighted by molar-refractivity contribution is 5.94. The van der Waals surface area contributed by atoms with Gasteiger partial charge in [0.1, 0.15) is 11.5 Å². The number of methoxy groups -OCH3 is 1. The molecule has 5 nitrogen and oxygen atoms in total. The van der Waals surface area contributed by atoms with Crippen molar-refractivity contribution in [2.24, 2.45) is 0 Å². The number of anilines is 2. The van der Waals surface area contributed by atoms with Crippen molar-refractivity contribution in [3.05, 3.63) is 48.0 Å². The SMILES string of the molecule is COc1ccc(OC(C)C)c(NC(=O)Cc2ccc(N)cc2)c1. The van der Waals surface area contributed by atoms with Gasteiger partial charge >= 0.3 is 0 Å². The molecule has 0 aromatic heterocycles. The van der Waals surface area contributed by atoms with Gasteiger partial charge in [-0.25, -0.2) is 0 Å². The minimum absolute atomic E-state index is 0.0103. The van der Waals surface area contributed by atoms with Crippen molar-refractivity contribution in [1.82, 2.24) is 0 Å². The number of rotatable bonds is 6. The summed E-state index contributed by atoms with van der Waals surface area (Å²) in [5.74, 6) is 1.15. The van der Waals surface area contributed by atoms with Crippen LogP contribution in [0, 0.1) is 0 Å². The number of hydrogen-bond donors (Lipinski definition) is 2. The first kappa shape index (κ1) is 16.7. The second-order valence-corrected chi connectivity index (χ2v) is 5.50. The van der Waals surface area contributed by atoms with Crippen molar-refractivity contribution >= 4 is 17.3 Å². The van der Waals surface area contributed by atoms with Crippen LogP contribution in [0.5, 0.6) is 11.5 Å². The first-order valence-corrected chi connectivity index (χ1v) is 7.47. The summed E-state index contributed by atoms with van der Waals surface area (Å²) in [6.45, 7) is 3.87. The third-order valence-corrected chi connectivity index (χ3v) is 3.17. The summed E-state index contributed by atoms with van der Waals surface area (Å²) in [4.78, 5) is 12.3. The summed E-state index contributed by atoms with van der Waals surface area (Å²) in [5, 5.41) is 2.88. The van der Waals surface area contributed by atoms with E-state index < -0.39 is 0 Å². The predicted molar refractivity (Wildman–Crippen MR) is 91.9 cm³/mol. The van der Waals surface area contributed by atoms with Crippen molar-refractivity contribution in [2.75, 3.05) is 18.2 Å². The van der Waals surface area contributed by atoms with Crippen molar-refractivity contribution in [1.29, 1.82) is 0 Å². The number of carbonyl (C=O) groups is 1. The molecule has 0 heterocycles. The molecule has 5 heteroatoms. The smallest absolute Gasteiger partial charge is 0.228 e. The lowest BCUT2D eigenvalue weighted by Gasteiger charge is -2.16. The van der Waals surface area contributed by atoms with Crippen LogP contribution >= 0.6 is 0 Å². The maximum absolute atomic E-state index is 12.3. The van der Waals surface area contributed by atoms with Gasteiger partial charge in [0.05, 0.1) is 25.3 Å². The normalized spacial score (nSPS) is 10.4. The molecule has 0 atom stereocenters. The number of nitrogen functional groups attached to an aromatic ring is 1. The van der Waals surface area contributed by atoms with Crippen LogP contribution in [0.1, 0.15) is 19.4 Å². The Labute approximate surface area is 136 Å². The minimum Gasteiger partial charge on any atom is -0.497 e. The lowest BCUT2D eigenvalue weighted by atomic mass is 10.1. The lowest BCUT2D eigenvalue weighted by molar-refractivity contribution is -0.115. The van der Waals surface area contributed by atoms with Gasteiger partial charge in [-0.15, -0.1) is 0 Å². The molecule has 0 saturated heterocycles. The molecule has 0 bridgehead atoms. The fourth-order valence-corrected chi connectivity index (χ4v) is 2.11. The Hall–Kier alpha value is -2.69. The summed E-state index contributed by atoms with van der Waals surface area (Å²) in [5.41, 5.74) is 7.81. The largest absolute Gasteiger partial charge is 0.497 e. The van der Waals surface area contributed by atoms with Gasteiger partial charge in [-0.3, -0.25) is 4.79 Å². The molecular formula is C18H22N2O3. The average Bonchev–Trinajstić information content (AvgIpc) is 2.51. The van der Waals surface area contributed by atoms with Crippen LogP contribution in [-0.2, 0) is 11.2 Å². The molecule has 0 aliphatic carbocycles. The minimum atomic E-state index is -0.128. The Bertz CT molecular complexity index is 666. The molecule has 122 valence electrons. The number of ether oxygens (including phenoxy) is 2. The molecule has 3 N–H and O–H groups in total. The quantitative estimate of drug-likeness (QED) is 0.803. The predicted octanol–water partition coefficient (Wildman–Crippen LogP) is 3.25. The van der Waals surface area contributed by atoms with Crippen LogP contribution in [0.25, 0.3) is 0 Å². The third-order valence-electron chi connectivity index (χ3n) is 3.17. The summed E-state index contributed by atoms with van der Waals surface area (Å²) >= 11 is 0. The van der Waals surface area contributed by atoms with Crippen molar-refractivity contribution in [2.45, 2.75) is 26.4 Å². The fraction of sp³-hybridized carbons (Fsp3) is 0.278. The zero-order valence-electron chi connectivity index (χ0n) is 13.6. The van der Waals surface area contributed by atoms with Crippen LogP contribution in [0.4, 0.5) is 11.4 Å². The molecule has 0 unspecified atom stereocenters. The Balaban J connectivity index is 2.13. The van der Waals surface area contributed by atoms with E-state index >= 15 is 0 Å². The summed E-state index contributed by atoms with van der Waals surface area (Å²) in [6, 6.07) is 12.6. The maximum atomic E-state index is 12.3. The zero-order valence-corrected chi connectivity index (χ0v) is 13.6. The first-order valence-electron chi connectivity index (χ1n) is 7.47. The van der Waals surface area contributed by atoms with Crippen molar-refractivity contribution in [3.63, 3.8) is 0 Å². The highest BCUT2D eigenvalue weighted by Gasteiger charge is 2.11. The number of hydrogen-bond acceptors (Lipinski definition) is 4. The summed E-state index contributed by atoms with van der Waals surface area (Å²) in [6.07, 6.45) is 0.273. The standard InChI is InChI=1S/C18H22N2O3/c1-12(2)23-17-9-8-15(22-3)11-16(17)20-18(21)10-13-4-6-14(19)7-5-13/h4-9,11-12H,10,19H2,1-3H3,(H,20,21). The number of nitrogens with two attached hydrogens (primary N) is 1. The van der Waals surface area contributed by atoms with E-state index in [1.807, 2.05) is 26.0 Å². The highest BCUT2D eigenvalue weighted by Crippen LogP contribution is 2.30. The Kier molecular flexibility index (Phi) is 5.46. The second kappa shape index (κ2) is 7.54. The molecule has 1 amide bonds. The van der Waals surface area contributed by atoms with Gasteiger partial charge in [-0.05, 0) is 43.7 Å². The van der Waals surface area contributed by atoms with Crippen LogP contribution in [0.3, 0.4) is 0 Å². The number of benzene rings is 2. The average molecular weight is 314 g/mol. The van der Waals surface area contributed by atoms with E-state index in [1.165, 1.54) is 0 Å². The lowest BCUT2D eigenvalue weighted by Crippen LogP contribution is -2.16. The number of nitrogens with one attached hydrogen (secondary N) is 1. The first-order chi connectivity index (χ1) is 11.0.